The Morgan fingerprint density at radius 1 is 1.25 bits per heavy atom. The zero-order chi connectivity index (χ0) is 16.8. The Labute approximate surface area is 148 Å². The molecule has 6 nitrogen and oxygen atoms in total. The quantitative estimate of drug-likeness (QED) is 0.756. The molecule has 134 valence electrons. The maximum atomic E-state index is 12.3. The number of nitrogens with two attached hydrogens (primary N) is 1. The standard InChI is InChI=1S/C17H25N3O3.ClH/c1-11(23-2)16(21)19-14-7-4-8-15(10-14)20-17(22)12-5-3-6-13(18)9-12;/h4,7-8,10-13H,3,5-6,9,18H2,1-2H3,(H,19,21)(H,20,22);1H. The molecule has 0 radical (unpaired) electrons. The highest BCUT2D eigenvalue weighted by Crippen LogP contribution is 2.25. The van der Waals surface area contributed by atoms with Crippen LogP contribution in [0.2, 0.25) is 0 Å². The van der Waals surface area contributed by atoms with E-state index in [1.54, 1.807) is 31.2 Å². The number of anilines is 2. The third-order valence-corrected chi connectivity index (χ3v) is 4.21. The molecule has 4 N–H and O–H groups in total. The first kappa shape index (κ1) is 20.4. The summed E-state index contributed by atoms with van der Waals surface area (Å²) in [5, 5.41) is 5.67. The molecule has 3 atom stereocenters. The largest absolute Gasteiger partial charge is 0.372 e. The Bertz CT molecular complexity index is 568. The molecule has 1 aliphatic carbocycles. The van der Waals surface area contributed by atoms with Crippen molar-refractivity contribution in [2.75, 3.05) is 17.7 Å². The van der Waals surface area contributed by atoms with E-state index in [4.69, 9.17) is 10.5 Å². The second-order valence-electron chi connectivity index (χ2n) is 6.06. The molecule has 0 spiro atoms. The fourth-order valence-electron chi connectivity index (χ4n) is 2.74. The number of carbonyl (C=O) groups is 2. The predicted octanol–water partition coefficient (Wildman–Crippen LogP) is 2.54. The summed E-state index contributed by atoms with van der Waals surface area (Å²) >= 11 is 0. The number of benzene rings is 1. The molecule has 0 aliphatic heterocycles. The van der Waals surface area contributed by atoms with Gasteiger partial charge in [0.2, 0.25) is 5.91 Å². The van der Waals surface area contributed by atoms with Crippen molar-refractivity contribution in [3.05, 3.63) is 24.3 Å². The second-order valence-corrected chi connectivity index (χ2v) is 6.06. The highest BCUT2D eigenvalue weighted by Gasteiger charge is 2.25. The number of amides is 2. The van der Waals surface area contributed by atoms with Crippen molar-refractivity contribution in [1.82, 2.24) is 0 Å². The van der Waals surface area contributed by atoms with Crippen LogP contribution in [-0.2, 0) is 14.3 Å². The minimum Gasteiger partial charge on any atom is -0.372 e. The molecule has 2 amide bonds. The lowest BCUT2D eigenvalue weighted by molar-refractivity contribution is -0.124. The highest BCUT2D eigenvalue weighted by atomic mass is 35.5. The Hall–Kier alpha value is -1.63. The van der Waals surface area contributed by atoms with Gasteiger partial charge in [-0.15, -0.1) is 12.4 Å². The van der Waals surface area contributed by atoms with Crippen LogP contribution in [0.15, 0.2) is 24.3 Å². The van der Waals surface area contributed by atoms with Crippen LogP contribution >= 0.6 is 12.4 Å². The van der Waals surface area contributed by atoms with Crippen molar-refractivity contribution >= 4 is 35.6 Å². The predicted molar refractivity (Wildman–Crippen MR) is 97.4 cm³/mol. The molecule has 1 fully saturated rings. The van der Waals surface area contributed by atoms with E-state index in [9.17, 15) is 9.59 Å². The molecule has 2 rings (SSSR count). The molecule has 24 heavy (non-hydrogen) atoms. The SMILES string of the molecule is COC(C)C(=O)Nc1cccc(NC(=O)C2CCCC(N)C2)c1.Cl. The van der Waals surface area contributed by atoms with Crippen LogP contribution in [0.25, 0.3) is 0 Å². The number of methoxy groups -OCH3 is 1. The lowest BCUT2D eigenvalue weighted by Crippen LogP contribution is -2.34. The third-order valence-electron chi connectivity index (χ3n) is 4.21. The third kappa shape index (κ3) is 5.78. The van der Waals surface area contributed by atoms with Crippen molar-refractivity contribution in [3.8, 4) is 0 Å². The zero-order valence-electron chi connectivity index (χ0n) is 14.1. The average Bonchev–Trinajstić information content (AvgIpc) is 2.54. The van der Waals surface area contributed by atoms with Gasteiger partial charge in [-0.05, 0) is 44.4 Å². The molecule has 0 saturated heterocycles. The van der Waals surface area contributed by atoms with Gasteiger partial charge in [0.25, 0.3) is 5.91 Å². The van der Waals surface area contributed by atoms with E-state index in [0.717, 1.165) is 25.7 Å². The zero-order valence-corrected chi connectivity index (χ0v) is 14.9. The van der Waals surface area contributed by atoms with Gasteiger partial charge in [-0.25, -0.2) is 0 Å². The number of nitrogens with one attached hydrogen (secondary N) is 2. The van der Waals surface area contributed by atoms with Gasteiger partial charge in [0.15, 0.2) is 0 Å². The number of hydrogen-bond acceptors (Lipinski definition) is 4. The van der Waals surface area contributed by atoms with E-state index in [-0.39, 0.29) is 36.2 Å². The van der Waals surface area contributed by atoms with Gasteiger partial charge in [-0.1, -0.05) is 12.5 Å². The van der Waals surface area contributed by atoms with Gasteiger partial charge < -0.3 is 21.1 Å². The second kappa shape index (κ2) is 9.61. The van der Waals surface area contributed by atoms with Crippen LogP contribution in [-0.4, -0.2) is 31.1 Å². The van der Waals surface area contributed by atoms with Crippen LogP contribution in [0.4, 0.5) is 11.4 Å². The monoisotopic (exact) mass is 355 g/mol. The van der Waals surface area contributed by atoms with Crippen LogP contribution in [0, 0.1) is 5.92 Å². The molecule has 1 aromatic rings. The first-order valence-corrected chi connectivity index (χ1v) is 7.99. The van der Waals surface area contributed by atoms with E-state index < -0.39 is 6.10 Å². The normalized spacial score (nSPS) is 21.3. The molecule has 1 saturated carbocycles. The molecular weight excluding hydrogens is 330 g/mol. The first-order valence-electron chi connectivity index (χ1n) is 7.99. The molecule has 7 heteroatoms. The summed E-state index contributed by atoms with van der Waals surface area (Å²) in [5.41, 5.74) is 7.22. The van der Waals surface area contributed by atoms with Crippen LogP contribution in [0.3, 0.4) is 0 Å². The summed E-state index contributed by atoms with van der Waals surface area (Å²) in [6.45, 7) is 1.67. The maximum absolute atomic E-state index is 12.3. The molecule has 0 aromatic heterocycles. The minimum atomic E-state index is -0.531. The van der Waals surface area contributed by atoms with Crippen LogP contribution in [0.1, 0.15) is 32.6 Å². The summed E-state index contributed by atoms with van der Waals surface area (Å²) in [6.07, 6.45) is 3.05. The first-order chi connectivity index (χ1) is 11.0. The van der Waals surface area contributed by atoms with Crippen molar-refractivity contribution in [2.24, 2.45) is 11.7 Å². The summed E-state index contributed by atoms with van der Waals surface area (Å²) in [4.78, 5) is 24.2. The summed E-state index contributed by atoms with van der Waals surface area (Å²) in [7, 11) is 1.48. The molecule has 1 aromatic carbocycles. The Kier molecular flexibility index (Phi) is 8.18. The Morgan fingerprint density at radius 2 is 1.92 bits per heavy atom. The van der Waals surface area contributed by atoms with Crippen LogP contribution < -0.4 is 16.4 Å². The molecule has 0 heterocycles. The highest BCUT2D eigenvalue weighted by molar-refractivity contribution is 5.96. The lowest BCUT2D eigenvalue weighted by Gasteiger charge is -2.25. The Balaban J connectivity index is 0.00000288. The topological polar surface area (TPSA) is 93.5 Å². The van der Waals surface area contributed by atoms with E-state index in [1.807, 2.05) is 0 Å². The smallest absolute Gasteiger partial charge is 0.253 e. The fourth-order valence-corrected chi connectivity index (χ4v) is 2.74. The fraction of sp³-hybridized carbons (Fsp3) is 0.529. The number of carbonyl (C=O) groups excluding carboxylic acids is 2. The molecule has 3 unspecified atom stereocenters. The minimum absolute atomic E-state index is 0. The van der Waals surface area contributed by atoms with Gasteiger partial charge in [0, 0.05) is 30.4 Å². The summed E-state index contributed by atoms with van der Waals surface area (Å²) < 4.78 is 4.97. The van der Waals surface area contributed by atoms with Gasteiger partial charge in [0.05, 0.1) is 0 Å². The number of halogens is 1. The van der Waals surface area contributed by atoms with Crippen LogP contribution in [0.5, 0.6) is 0 Å². The number of ether oxygens (including phenoxy) is 1. The maximum Gasteiger partial charge on any atom is 0.253 e. The van der Waals surface area contributed by atoms with Gasteiger partial charge >= 0.3 is 0 Å². The van der Waals surface area contributed by atoms with Gasteiger partial charge in [0.1, 0.15) is 6.10 Å². The van der Waals surface area contributed by atoms with Crippen molar-refractivity contribution in [3.63, 3.8) is 0 Å². The van der Waals surface area contributed by atoms with E-state index in [1.165, 1.54) is 7.11 Å². The number of rotatable bonds is 5. The number of hydrogen-bond donors (Lipinski definition) is 3. The molecular formula is C17H26ClN3O3. The molecule has 1 aliphatic rings. The van der Waals surface area contributed by atoms with E-state index in [0.29, 0.717) is 11.4 Å². The lowest BCUT2D eigenvalue weighted by atomic mass is 9.85. The van der Waals surface area contributed by atoms with Crippen molar-refractivity contribution < 1.29 is 14.3 Å². The Morgan fingerprint density at radius 3 is 2.54 bits per heavy atom. The van der Waals surface area contributed by atoms with Gasteiger partial charge in [-0.3, -0.25) is 9.59 Å². The van der Waals surface area contributed by atoms with Gasteiger partial charge in [-0.2, -0.15) is 0 Å². The average molecular weight is 356 g/mol. The van der Waals surface area contributed by atoms with E-state index >= 15 is 0 Å². The van der Waals surface area contributed by atoms with Crippen molar-refractivity contribution in [2.45, 2.75) is 44.8 Å². The van der Waals surface area contributed by atoms with Crippen molar-refractivity contribution in [1.29, 1.82) is 0 Å². The summed E-state index contributed by atoms with van der Waals surface area (Å²) in [6, 6.07) is 7.21. The van der Waals surface area contributed by atoms with E-state index in [2.05, 4.69) is 10.6 Å². The summed E-state index contributed by atoms with van der Waals surface area (Å²) in [5.74, 6) is -0.270. The molecule has 0 bridgehead atoms.